The molecular weight excluding hydrogens is 824 g/mol. The molecule has 0 radical (unpaired) electrons. The van der Waals surface area contributed by atoms with Gasteiger partial charge in [-0.3, -0.25) is 4.90 Å². The molecule has 0 aliphatic carbocycles. The fraction of sp³-hybridized carbons (Fsp3) is 0.366. The fourth-order valence-electron chi connectivity index (χ4n) is 7.39. The highest BCUT2D eigenvalue weighted by atomic mass is 127. The minimum Gasteiger partial charge on any atom is -0.497 e. The third-order valence-electron chi connectivity index (χ3n) is 9.97. The lowest BCUT2D eigenvalue weighted by molar-refractivity contribution is 0.0122. The van der Waals surface area contributed by atoms with E-state index in [0.717, 1.165) is 34.3 Å². The molecule has 288 valence electrons. The highest BCUT2D eigenvalue weighted by Gasteiger charge is 2.45. The molecule has 0 spiro atoms. The van der Waals surface area contributed by atoms with E-state index >= 15 is 13.2 Å². The molecule has 14 heteroatoms. The number of aromatic nitrogens is 3. The molecule has 2 fully saturated rings. The molecule has 10 nitrogen and oxygen atoms in total. The summed E-state index contributed by atoms with van der Waals surface area (Å²) in [4.78, 5) is 31.4. The Labute approximate surface area is 331 Å². The second kappa shape index (κ2) is 15.3. The van der Waals surface area contributed by atoms with Crippen LogP contribution in [0.15, 0.2) is 60.7 Å². The van der Waals surface area contributed by atoms with Crippen molar-refractivity contribution in [1.29, 1.82) is 0 Å². The van der Waals surface area contributed by atoms with Gasteiger partial charge in [0.1, 0.15) is 40.1 Å². The molecule has 2 saturated heterocycles. The van der Waals surface area contributed by atoms with E-state index in [0.29, 0.717) is 48.4 Å². The third kappa shape index (κ3) is 7.96. The van der Waals surface area contributed by atoms with Crippen LogP contribution in [0.25, 0.3) is 22.2 Å². The molecular formula is C41H42F3IN6O4. The summed E-state index contributed by atoms with van der Waals surface area (Å²) in [7, 11) is 3.21. The van der Waals surface area contributed by atoms with E-state index in [2.05, 4.69) is 9.97 Å². The fourth-order valence-corrected chi connectivity index (χ4v) is 7.93. The molecule has 2 atom stereocenters. The largest absolute Gasteiger partial charge is 0.497 e. The van der Waals surface area contributed by atoms with E-state index in [-0.39, 0.29) is 34.5 Å². The van der Waals surface area contributed by atoms with Crippen LogP contribution in [0.5, 0.6) is 11.5 Å². The molecule has 3 aromatic carbocycles. The van der Waals surface area contributed by atoms with Crippen LogP contribution >= 0.6 is 22.6 Å². The third-order valence-corrected chi connectivity index (χ3v) is 11.3. The van der Waals surface area contributed by atoms with Gasteiger partial charge in [-0.15, -0.1) is 0 Å². The van der Waals surface area contributed by atoms with Gasteiger partial charge >= 0.3 is 12.2 Å². The minimum atomic E-state index is -1.14. The first kappa shape index (κ1) is 38.4. The number of ether oxygens (including phenoxy) is 3. The van der Waals surface area contributed by atoms with Crippen LogP contribution in [0.3, 0.4) is 0 Å². The molecule has 2 unspecified atom stereocenters. The molecule has 1 amide bonds. The number of methoxy groups -OCH3 is 2. The second-order valence-corrected chi connectivity index (χ2v) is 16.0. The van der Waals surface area contributed by atoms with Crippen LogP contribution in [0, 0.1) is 28.2 Å². The van der Waals surface area contributed by atoms with Crippen molar-refractivity contribution in [2.45, 2.75) is 71.3 Å². The maximum Gasteiger partial charge on any atom is 0.410 e. The Kier molecular flexibility index (Phi) is 10.7. The Bertz CT molecular complexity index is 2170. The SMILES string of the molecule is COc1ccc(CN(Cc2ccc(OC)cc2)c2cc(C)c(I)c(-c3c(F)cc4c(N5CC6CCC(C5)N6C(=O)OC(C)(C)C)nc(F)nc4c3F)n2)cc1. The van der Waals surface area contributed by atoms with E-state index in [1.165, 1.54) is 0 Å². The number of nitrogens with zero attached hydrogens (tertiary/aromatic N) is 6. The maximum atomic E-state index is 16.8. The number of anilines is 2. The summed E-state index contributed by atoms with van der Waals surface area (Å²) in [5.74, 6) is 0.0909. The van der Waals surface area contributed by atoms with Crippen molar-refractivity contribution in [1.82, 2.24) is 19.9 Å². The Morgan fingerprint density at radius 2 is 1.44 bits per heavy atom. The smallest absolute Gasteiger partial charge is 0.410 e. The molecule has 7 rings (SSSR count). The highest BCUT2D eigenvalue weighted by Crippen LogP contribution is 2.40. The van der Waals surface area contributed by atoms with Crippen molar-refractivity contribution in [3.63, 3.8) is 0 Å². The molecule has 5 aromatic rings. The van der Waals surface area contributed by atoms with Gasteiger partial charge in [0.25, 0.3) is 0 Å². The number of carbonyl (C=O) groups excluding carboxylic acids is 1. The lowest BCUT2D eigenvalue weighted by Gasteiger charge is -2.42. The number of carbonyl (C=O) groups is 1. The lowest BCUT2D eigenvalue weighted by atomic mass is 10.0. The second-order valence-electron chi connectivity index (χ2n) is 14.9. The Morgan fingerprint density at radius 1 is 0.873 bits per heavy atom. The molecule has 0 N–H and O–H groups in total. The summed E-state index contributed by atoms with van der Waals surface area (Å²) in [5.41, 5.74) is 1.34. The van der Waals surface area contributed by atoms with Crippen LogP contribution in [0.4, 0.5) is 29.6 Å². The highest BCUT2D eigenvalue weighted by molar-refractivity contribution is 14.1. The van der Waals surface area contributed by atoms with Gasteiger partial charge in [0.15, 0.2) is 5.82 Å². The summed E-state index contributed by atoms with van der Waals surface area (Å²) in [5, 5.41) is 0.0359. The summed E-state index contributed by atoms with van der Waals surface area (Å²) >= 11 is 2.04. The summed E-state index contributed by atoms with van der Waals surface area (Å²) in [6, 6.07) is 17.9. The van der Waals surface area contributed by atoms with E-state index in [1.807, 2.05) is 110 Å². The lowest BCUT2D eigenvalue weighted by Crippen LogP contribution is -2.57. The number of rotatable bonds is 9. The molecule has 2 aliphatic heterocycles. The quantitative estimate of drug-likeness (QED) is 0.107. The predicted molar refractivity (Wildman–Crippen MR) is 213 cm³/mol. The first-order valence-corrected chi connectivity index (χ1v) is 19.1. The summed E-state index contributed by atoms with van der Waals surface area (Å²) in [6.07, 6.45) is -0.121. The number of hydrogen-bond acceptors (Lipinski definition) is 9. The van der Waals surface area contributed by atoms with E-state index in [1.54, 1.807) is 24.0 Å². The van der Waals surface area contributed by atoms with E-state index in [4.69, 9.17) is 19.2 Å². The van der Waals surface area contributed by atoms with Crippen molar-refractivity contribution >= 4 is 51.2 Å². The Morgan fingerprint density at radius 3 is 1.96 bits per heavy atom. The van der Waals surface area contributed by atoms with Gasteiger partial charge in [-0.2, -0.15) is 14.4 Å². The first-order valence-electron chi connectivity index (χ1n) is 18.0. The zero-order valence-corrected chi connectivity index (χ0v) is 33.7. The number of halogens is 4. The normalized spacial score (nSPS) is 16.8. The van der Waals surface area contributed by atoms with Gasteiger partial charge in [0.2, 0.25) is 0 Å². The van der Waals surface area contributed by atoms with Gasteiger partial charge in [-0.25, -0.2) is 18.6 Å². The average molecular weight is 867 g/mol. The number of pyridine rings is 1. The molecule has 2 aromatic heterocycles. The maximum absolute atomic E-state index is 16.8. The zero-order chi connectivity index (χ0) is 39.2. The van der Waals surface area contributed by atoms with E-state index < -0.39 is 35.0 Å². The molecule has 55 heavy (non-hydrogen) atoms. The van der Waals surface area contributed by atoms with E-state index in [9.17, 15) is 4.79 Å². The number of aryl methyl sites for hydroxylation is 1. The van der Waals surface area contributed by atoms with Crippen LogP contribution in [0.1, 0.15) is 50.3 Å². The molecule has 4 heterocycles. The first-order chi connectivity index (χ1) is 26.2. The minimum absolute atomic E-state index is 0.0359. The molecule has 2 aliphatic rings. The topological polar surface area (TPSA) is 93.2 Å². The van der Waals surface area contributed by atoms with Gasteiger partial charge in [0.05, 0.1) is 37.6 Å². The number of benzene rings is 3. The summed E-state index contributed by atoms with van der Waals surface area (Å²) < 4.78 is 65.5. The van der Waals surface area contributed by atoms with Crippen LogP contribution in [-0.2, 0) is 17.8 Å². The Hall–Kier alpha value is -4.86. The number of amides is 1. The van der Waals surface area contributed by atoms with Crippen molar-refractivity contribution in [2.24, 2.45) is 0 Å². The van der Waals surface area contributed by atoms with Crippen LogP contribution in [-0.4, -0.2) is 70.9 Å². The van der Waals surface area contributed by atoms with Gasteiger partial charge < -0.3 is 24.0 Å². The molecule has 2 bridgehead atoms. The van der Waals surface area contributed by atoms with Crippen molar-refractivity contribution in [2.75, 3.05) is 37.1 Å². The zero-order valence-electron chi connectivity index (χ0n) is 31.5. The van der Waals surface area contributed by atoms with Crippen molar-refractivity contribution in [3.8, 4) is 22.8 Å². The van der Waals surface area contributed by atoms with Crippen molar-refractivity contribution in [3.05, 3.63) is 98.6 Å². The summed E-state index contributed by atoms with van der Waals surface area (Å²) in [6.45, 7) is 8.74. The number of piperazine rings is 1. The Balaban J connectivity index is 1.27. The van der Waals surface area contributed by atoms with Gasteiger partial charge in [-0.1, -0.05) is 24.3 Å². The standard InChI is InChI=1S/C41H42F3IN6O4/c1-23-17-32(49(19-24-7-13-28(53-5)14-8-24)20-25-9-15-29(54-6)16-10-25)46-37(35(23)45)33-31(42)18-30-36(34(33)43)47-39(44)48-38(30)50-21-26-11-12-27(22-50)51(26)40(52)55-41(2,3)4/h7-10,13-18,26-27H,11-12,19-22H2,1-6H3. The number of fused-ring (bicyclic) bond motifs is 3. The predicted octanol–water partition coefficient (Wildman–Crippen LogP) is 8.83. The van der Waals surface area contributed by atoms with Crippen LogP contribution < -0.4 is 19.3 Å². The average Bonchev–Trinajstić information content (AvgIpc) is 3.42. The van der Waals surface area contributed by atoms with Crippen molar-refractivity contribution < 1.29 is 32.2 Å². The van der Waals surface area contributed by atoms with Gasteiger partial charge in [-0.05, 0) is 116 Å². The van der Waals surface area contributed by atoms with Crippen LogP contribution in [0.2, 0.25) is 0 Å². The number of hydrogen-bond donors (Lipinski definition) is 0. The monoisotopic (exact) mass is 866 g/mol. The molecule has 0 saturated carbocycles. The van der Waals surface area contributed by atoms with Gasteiger partial charge in [0, 0.05) is 35.1 Å².